The molecule has 2 N–H and O–H groups in total. The van der Waals surface area contributed by atoms with Crippen LogP contribution in [0.2, 0.25) is 0 Å². The fourth-order valence-corrected chi connectivity index (χ4v) is 5.98. The van der Waals surface area contributed by atoms with E-state index in [-0.39, 0.29) is 23.9 Å². The Bertz CT molecular complexity index is 678. The summed E-state index contributed by atoms with van der Waals surface area (Å²) in [7, 11) is 0. The molecular weight excluding hydrogens is 344 g/mol. The van der Waals surface area contributed by atoms with Gasteiger partial charge in [0.15, 0.2) is 0 Å². The molecule has 27 heavy (non-hydrogen) atoms. The quantitative estimate of drug-likeness (QED) is 0.550. The second-order valence-electron chi connectivity index (χ2n) is 9.30. The number of hydrogen-bond acceptors (Lipinski definition) is 5. The first kappa shape index (κ1) is 20.3. The van der Waals surface area contributed by atoms with Crippen molar-refractivity contribution in [1.29, 1.82) is 0 Å². The summed E-state index contributed by atoms with van der Waals surface area (Å²) in [6.07, 6.45) is 4.74. The predicted octanol–water partition coefficient (Wildman–Crippen LogP) is 2.66. The number of ether oxygens (including phenoxy) is 1. The van der Waals surface area contributed by atoms with Crippen LogP contribution in [0.15, 0.2) is 24.3 Å². The zero-order valence-electron chi connectivity index (χ0n) is 16.8. The van der Waals surface area contributed by atoms with Gasteiger partial charge in [0.05, 0.1) is 6.10 Å². The van der Waals surface area contributed by atoms with E-state index in [9.17, 15) is 19.8 Å². The van der Waals surface area contributed by atoms with E-state index >= 15 is 0 Å². The van der Waals surface area contributed by atoms with E-state index in [0.717, 1.165) is 6.42 Å². The van der Waals surface area contributed by atoms with Gasteiger partial charge in [-0.1, -0.05) is 39.0 Å². The molecule has 0 saturated heterocycles. The molecular formula is C22H32O5. The highest BCUT2D eigenvalue weighted by Gasteiger charge is 2.71. The Morgan fingerprint density at radius 2 is 2.15 bits per heavy atom. The SMILES string of the molecule is C=C(C(O)C=CC(C)(O)COC(C)=O)C1CC(=O)C2(C)C3CCC(C)C3C12. The van der Waals surface area contributed by atoms with Gasteiger partial charge in [-0.05, 0) is 48.5 Å². The fourth-order valence-electron chi connectivity index (χ4n) is 5.98. The summed E-state index contributed by atoms with van der Waals surface area (Å²) in [5, 5.41) is 20.9. The molecule has 0 aromatic heterocycles. The number of hydrogen-bond donors (Lipinski definition) is 2. The minimum Gasteiger partial charge on any atom is -0.462 e. The predicted molar refractivity (Wildman–Crippen MR) is 102 cm³/mol. The molecule has 150 valence electrons. The van der Waals surface area contributed by atoms with E-state index in [4.69, 9.17) is 4.74 Å². The summed E-state index contributed by atoms with van der Waals surface area (Å²) >= 11 is 0. The first-order valence-corrected chi connectivity index (χ1v) is 9.94. The van der Waals surface area contributed by atoms with Crippen LogP contribution in [0.3, 0.4) is 0 Å². The molecule has 3 aliphatic rings. The highest BCUT2D eigenvalue weighted by molar-refractivity contribution is 5.90. The second kappa shape index (κ2) is 6.85. The molecule has 0 aliphatic heterocycles. The topological polar surface area (TPSA) is 83.8 Å². The standard InChI is InChI=1S/C22H32O5/c1-12-6-7-16-19(12)20-15(10-18(25)22(16,20)5)13(2)17(24)8-9-21(4,26)11-27-14(3)23/h8-9,12,15-17,19-20,24,26H,2,6-7,10-11H2,1,3-5H3. The van der Waals surface area contributed by atoms with Crippen LogP contribution in [0, 0.1) is 35.0 Å². The molecule has 0 aromatic carbocycles. The Morgan fingerprint density at radius 3 is 2.78 bits per heavy atom. The van der Waals surface area contributed by atoms with Gasteiger partial charge in [-0.2, -0.15) is 0 Å². The van der Waals surface area contributed by atoms with Crippen molar-refractivity contribution in [3.8, 4) is 0 Å². The second-order valence-corrected chi connectivity index (χ2v) is 9.30. The van der Waals surface area contributed by atoms with Crippen molar-refractivity contribution in [3.05, 3.63) is 24.3 Å². The number of esters is 1. The van der Waals surface area contributed by atoms with E-state index < -0.39 is 17.7 Å². The molecule has 8 atom stereocenters. The van der Waals surface area contributed by atoms with E-state index in [2.05, 4.69) is 20.4 Å². The van der Waals surface area contributed by atoms with Crippen LogP contribution in [0.1, 0.15) is 47.0 Å². The van der Waals surface area contributed by atoms with Gasteiger partial charge in [-0.25, -0.2) is 0 Å². The number of rotatable bonds is 6. The lowest BCUT2D eigenvalue weighted by Crippen LogP contribution is -2.56. The Morgan fingerprint density at radius 1 is 1.48 bits per heavy atom. The zero-order valence-corrected chi connectivity index (χ0v) is 16.8. The number of carbonyl (C=O) groups excluding carboxylic acids is 2. The van der Waals surface area contributed by atoms with Gasteiger partial charge >= 0.3 is 5.97 Å². The summed E-state index contributed by atoms with van der Waals surface area (Å²) in [6, 6.07) is 0. The van der Waals surface area contributed by atoms with Crippen molar-refractivity contribution < 1.29 is 24.5 Å². The van der Waals surface area contributed by atoms with Crippen LogP contribution in [0.4, 0.5) is 0 Å². The summed E-state index contributed by atoms with van der Waals surface area (Å²) in [6.45, 7) is 11.1. The number of ketones is 1. The molecule has 0 radical (unpaired) electrons. The van der Waals surface area contributed by atoms with E-state index in [1.165, 1.54) is 32.4 Å². The first-order valence-electron chi connectivity index (χ1n) is 9.94. The summed E-state index contributed by atoms with van der Waals surface area (Å²) in [5.74, 6) is 1.75. The zero-order chi connectivity index (χ0) is 20.1. The van der Waals surface area contributed by atoms with Crippen LogP contribution in [-0.4, -0.2) is 40.3 Å². The van der Waals surface area contributed by atoms with Crippen LogP contribution in [0.5, 0.6) is 0 Å². The minimum absolute atomic E-state index is 0.0117. The molecule has 0 heterocycles. The van der Waals surface area contributed by atoms with Crippen LogP contribution >= 0.6 is 0 Å². The van der Waals surface area contributed by atoms with Crippen LogP contribution < -0.4 is 0 Å². The van der Waals surface area contributed by atoms with Crippen molar-refractivity contribution in [2.75, 3.05) is 6.61 Å². The van der Waals surface area contributed by atoms with Crippen molar-refractivity contribution >= 4 is 11.8 Å². The third-order valence-corrected chi connectivity index (χ3v) is 7.43. The number of Topliss-reactive ketones (excluding diaryl/α,β-unsaturated/α-hetero) is 1. The Hall–Kier alpha value is -1.46. The molecule has 5 heteroatoms. The fraction of sp³-hybridized carbons (Fsp3) is 0.727. The normalized spacial score (nSPS) is 40.8. The van der Waals surface area contributed by atoms with E-state index in [1.54, 1.807) is 0 Å². The number of aliphatic hydroxyl groups is 2. The monoisotopic (exact) mass is 376 g/mol. The molecule has 3 fully saturated rings. The molecule has 0 amide bonds. The Kier molecular flexibility index (Phi) is 5.15. The average molecular weight is 376 g/mol. The summed E-state index contributed by atoms with van der Waals surface area (Å²) in [5.41, 5.74) is -0.976. The molecule has 5 nitrogen and oxygen atoms in total. The lowest BCUT2D eigenvalue weighted by atomic mass is 9.46. The molecule has 0 spiro atoms. The van der Waals surface area contributed by atoms with E-state index in [1.807, 2.05) is 0 Å². The lowest BCUT2D eigenvalue weighted by Gasteiger charge is -2.56. The number of carbonyl (C=O) groups is 2. The van der Waals surface area contributed by atoms with Gasteiger partial charge in [0, 0.05) is 18.8 Å². The highest BCUT2D eigenvalue weighted by atomic mass is 16.5. The van der Waals surface area contributed by atoms with Crippen molar-refractivity contribution in [2.24, 2.45) is 35.0 Å². The molecule has 0 aromatic rings. The van der Waals surface area contributed by atoms with E-state index in [0.29, 0.717) is 35.5 Å². The van der Waals surface area contributed by atoms with Crippen molar-refractivity contribution in [1.82, 2.24) is 0 Å². The lowest BCUT2D eigenvalue weighted by molar-refractivity contribution is -0.149. The smallest absolute Gasteiger partial charge is 0.302 e. The largest absolute Gasteiger partial charge is 0.462 e. The van der Waals surface area contributed by atoms with Gasteiger partial charge in [0.25, 0.3) is 0 Å². The van der Waals surface area contributed by atoms with Gasteiger partial charge in [0.2, 0.25) is 0 Å². The Balaban J connectivity index is 1.69. The van der Waals surface area contributed by atoms with Gasteiger partial charge < -0.3 is 14.9 Å². The van der Waals surface area contributed by atoms with Gasteiger partial charge in [-0.15, -0.1) is 0 Å². The number of aliphatic hydroxyl groups excluding tert-OH is 1. The molecule has 8 unspecified atom stereocenters. The molecule has 0 bridgehead atoms. The summed E-state index contributed by atoms with van der Waals surface area (Å²) in [4.78, 5) is 23.7. The maximum atomic E-state index is 12.8. The minimum atomic E-state index is -1.37. The summed E-state index contributed by atoms with van der Waals surface area (Å²) < 4.78 is 4.84. The van der Waals surface area contributed by atoms with Crippen molar-refractivity contribution in [2.45, 2.75) is 58.7 Å². The Labute approximate surface area is 161 Å². The average Bonchev–Trinajstić information content (AvgIpc) is 3.03. The van der Waals surface area contributed by atoms with Crippen molar-refractivity contribution in [3.63, 3.8) is 0 Å². The number of fused-ring (bicyclic) bond motifs is 4. The first-order chi connectivity index (χ1) is 12.5. The third-order valence-electron chi connectivity index (χ3n) is 7.43. The third kappa shape index (κ3) is 3.29. The molecule has 3 rings (SSSR count). The van der Waals surface area contributed by atoms with Gasteiger partial charge in [0.1, 0.15) is 18.0 Å². The van der Waals surface area contributed by atoms with Crippen LogP contribution in [0.25, 0.3) is 0 Å². The van der Waals surface area contributed by atoms with Crippen LogP contribution in [-0.2, 0) is 14.3 Å². The maximum absolute atomic E-state index is 12.8. The molecule has 3 saturated carbocycles. The molecule has 3 aliphatic carbocycles. The van der Waals surface area contributed by atoms with Gasteiger partial charge in [-0.3, -0.25) is 9.59 Å². The highest BCUT2D eigenvalue weighted by Crippen LogP contribution is 2.72. The maximum Gasteiger partial charge on any atom is 0.302 e.